The Morgan fingerprint density at radius 1 is 0.638 bits per heavy atom. The van der Waals surface area contributed by atoms with Gasteiger partial charge in [-0.15, -0.1) is 10.2 Å². The fourth-order valence-electron chi connectivity index (χ4n) is 8.37. The number of carbonyl (C=O) groups is 2. The van der Waals surface area contributed by atoms with Crippen molar-refractivity contribution in [2.75, 3.05) is 11.5 Å². The first-order valence-corrected chi connectivity index (χ1v) is 22.5. The molecule has 352 valence electrons. The molecule has 0 saturated heterocycles. The number of carboxylic acids is 1. The minimum Gasteiger partial charge on any atom is -0.478 e. The quantitative estimate of drug-likeness (QED) is 0.115. The smallest absolute Gasteiger partial charge is 0.338 e. The molecule has 3 aliphatic rings. The van der Waals surface area contributed by atoms with Gasteiger partial charge in [-0.2, -0.15) is 29.2 Å². The molecule has 0 bridgehead atoms. The van der Waals surface area contributed by atoms with E-state index in [4.69, 9.17) is 25.4 Å². The highest BCUT2D eigenvalue weighted by molar-refractivity contribution is 5.94. The normalized spacial score (nSPS) is 14.9. The molecule has 3 fully saturated rings. The van der Waals surface area contributed by atoms with E-state index in [9.17, 15) is 19.2 Å². The summed E-state index contributed by atoms with van der Waals surface area (Å²) in [6.45, 7) is 2.34. The van der Waals surface area contributed by atoms with E-state index in [2.05, 4.69) is 45.6 Å². The zero-order valence-electron chi connectivity index (χ0n) is 36.7. The van der Waals surface area contributed by atoms with Crippen LogP contribution in [0.4, 0.5) is 11.9 Å². The van der Waals surface area contributed by atoms with Crippen LogP contribution in [0, 0.1) is 11.8 Å². The summed E-state index contributed by atoms with van der Waals surface area (Å²) in [6.07, 6.45) is 15.3. The summed E-state index contributed by atoms with van der Waals surface area (Å²) in [7, 11) is 0. The Morgan fingerprint density at radius 3 is 1.54 bits per heavy atom. The van der Waals surface area contributed by atoms with Gasteiger partial charge in [-0.25, -0.2) is 24.4 Å². The van der Waals surface area contributed by atoms with Gasteiger partial charge in [0.2, 0.25) is 23.5 Å². The van der Waals surface area contributed by atoms with Crippen LogP contribution in [0.15, 0.2) is 80.0 Å². The number of rotatable bonds is 15. The molecule has 1 amide bonds. The largest absolute Gasteiger partial charge is 0.478 e. The Hall–Kier alpha value is -8.84. The van der Waals surface area contributed by atoms with E-state index in [0.717, 1.165) is 38.5 Å². The molecule has 0 aromatic carbocycles. The average molecular weight is 938 g/mol. The number of nitrogens with two attached hydrogens (primary N) is 2. The molecule has 26 heteroatoms. The van der Waals surface area contributed by atoms with Gasteiger partial charge < -0.3 is 30.7 Å². The lowest BCUT2D eigenvalue weighted by molar-refractivity contribution is 0.0696. The molecule has 69 heavy (non-hydrogen) atoms. The molecule has 3 saturated carbocycles. The molecule has 0 radical (unpaired) electrons. The number of hydrogen-bond acceptors (Lipinski definition) is 16. The topological polar surface area (TPSA) is 320 Å². The van der Waals surface area contributed by atoms with Gasteiger partial charge in [-0.1, -0.05) is 0 Å². The van der Waals surface area contributed by atoms with Crippen molar-refractivity contribution in [2.45, 2.75) is 83.8 Å². The summed E-state index contributed by atoms with van der Waals surface area (Å²) in [5, 5.41) is 29.3. The maximum Gasteiger partial charge on any atom is 0.338 e. The first-order chi connectivity index (χ1) is 33.5. The zero-order valence-corrected chi connectivity index (χ0v) is 36.7. The van der Waals surface area contributed by atoms with Crippen LogP contribution < -0.4 is 28.2 Å². The molecule has 0 unspecified atom stereocenters. The highest BCUT2D eigenvalue weighted by atomic mass is 16.4. The van der Waals surface area contributed by atoms with Crippen LogP contribution >= 0.6 is 0 Å². The van der Waals surface area contributed by atoms with Gasteiger partial charge >= 0.3 is 17.3 Å². The first kappa shape index (κ1) is 41.6. The summed E-state index contributed by atoms with van der Waals surface area (Å²) < 4.78 is 23.4. The second-order valence-electron chi connectivity index (χ2n) is 17.6. The molecule has 0 spiro atoms. The van der Waals surface area contributed by atoms with Gasteiger partial charge in [0.15, 0.2) is 34.1 Å². The highest BCUT2D eigenvalue weighted by Gasteiger charge is 2.30. The predicted molar refractivity (Wildman–Crippen MR) is 243 cm³/mol. The minimum atomic E-state index is -1.06. The number of aromatic nitrogens is 16. The lowest BCUT2D eigenvalue weighted by atomic mass is 10.3. The van der Waals surface area contributed by atoms with E-state index >= 15 is 0 Å². The SMILES string of the molecule is Nc1nc2c(c3nc(-c4ccco4)nn13)n(CC1CC1)c(=O)n2CCn1cc(C(=O)NC2CC2)cn1.Nc1nc2c(c3nc(-c4ccco4)nn13)n(CC1CC1)c(=O)n2CCn1cc(C(=O)O)cn1. The van der Waals surface area contributed by atoms with Gasteiger partial charge in [0.25, 0.3) is 5.91 Å². The minimum absolute atomic E-state index is 0.0801. The number of hydrogen-bond donors (Lipinski definition) is 4. The standard InChI is InChI=1S/C23H24N10O3.C20H19N9O4/c24-22-28-19-17(20-27-18(29-33(20)22)16-2-1-9-36-16)32(11-13-3-4-13)23(35)31(19)8-7-30-12-14(10-25-30)21(34)26-15-5-6-15;21-19-24-16-14(17-23-15(25-29(17)19)13-2-1-7-33-13)28(9-11-3-4-11)20(32)27(16)6-5-26-10-12(8-22-26)18(30)31/h1-2,9-10,12-13,15H,3-8,11H2,(H2,24,28)(H,26,34);1-2,7-8,10-11H,3-6,9H2,(H2,21,24)(H,30,31). The number of amides is 1. The summed E-state index contributed by atoms with van der Waals surface area (Å²) in [6, 6.07) is 7.28. The third-order valence-corrected chi connectivity index (χ3v) is 12.5. The molecule has 0 aliphatic heterocycles. The number of anilines is 2. The fraction of sp³-hybridized carbons (Fsp3) is 0.349. The molecular weight excluding hydrogens is 895 g/mol. The van der Waals surface area contributed by atoms with Crippen molar-refractivity contribution < 1.29 is 23.5 Å². The summed E-state index contributed by atoms with van der Waals surface area (Å²) in [5.41, 5.74) is 15.5. The van der Waals surface area contributed by atoms with Crippen LogP contribution in [0.2, 0.25) is 0 Å². The van der Waals surface area contributed by atoms with E-state index in [1.54, 1.807) is 61.3 Å². The fourth-order valence-corrected chi connectivity index (χ4v) is 8.37. The van der Waals surface area contributed by atoms with Crippen molar-refractivity contribution in [3.63, 3.8) is 0 Å². The van der Waals surface area contributed by atoms with Crippen LogP contribution in [0.3, 0.4) is 0 Å². The number of carbonyl (C=O) groups excluding carboxylic acids is 1. The number of nitrogens with one attached hydrogen (secondary N) is 1. The van der Waals surface area contributed by atoms with Crippen molar-refractivity contribution in [1.82, 2.24) is 82.3 Å². The molecular formula is C43H43N19O7. The van der Waals surface area contributed by atoms with Gasteiger partial charge in [0.05, 0.1) is 49.1 Å². The number of carboxylic acid groups (broad SMARTS) is 1. The average Bonchev–Trinajstić information content (AvgIpc) is 4.01. The Bertz CT molecular complexity index is 3720. The van der Waals surface area contributed by atoms with Gasteiger partial charge in [0.1, 0.15) is 11.0 Å². The number of nitrogens with zero attached hydrogens (tertiary/aromatic N) is 16. The van der Waals surface area contributed by atoms with E-state index in [1.807, 2.05) is 0 Å². The summed E-state index contributed by atoms with van der Waals surface area (Å²) >= 11 is 0. The van der Waals surface area contributed by atoms with E-state index in [-0.39, 0.29) is 53.9 Å². The Morgan fingerprint density at radius 2 is 1.12 bits per heavy atom. The zero-order chi connectivity index (χ0) is 47.1. The highest BCUT2D eigenvalue weighted by Crippen LogP contribution is 2.34. The van der Waals surface area contributed by atoms with Gasteiger partial charge in [0, 0.05) is 44.6 Å². The third-order valence-electron chi connectivity index (χ3n) is 12.5. The van der Waals surface area contributed by atoms with Crippen molar-refractivity contribution in [1.29, 1.82) is 0 Å². The number of imidazole rings is 2. The lowest BCUT2D eigenvalue weighted by Gasteiger charge is -2.04. The van der Waals surface area contributed by atoms with E-state index < -0.39 is 5.97 Å². The molecule has 6 N–H and O–H groups in total. The Labute approximate surface area is 386 Å². The molecule has 10 heterocycles. The van der Waals surface area contributed by atoms with Crippen LogP contribution in [0.5, 0.6) is 0 Å². The van der Waals surface area contributed by atoms with Gasteiger partial charge in [-0.05, 0) is 74.6 Å². The molecule has 10 aromatic heterocycles. The molecule has 0 atom stereocenters. The number of fused-ring (bicyclic) bond motifs is 6. The Kier molecular flexibility index (Phi) is 9.76. The lowest BCUT2D eigenvalue weighted by Crippen LogP contribution is -2.26. The predicted octanol–water partition coefficient (Wildman–Crippen LogP) is 2.37. The first-order valence-electron chi connectivity index (χ1n) is 22.5. The number of furan rings is 2. The van der Waals surface area contributed by atoms with Crippen molar-refractivity contribution in [3.8, 4) is 23.2 Å². The maximum atomic E-state index is 13.6. The van der Waals surface area contributed by atoms with Crippen LogP contribution in [0.1, 0.15) is 59.2 Å². The number of aromatic carboxylic acids is 1. The Balaban J connectivity index is 0.000000143. The van der Waals surface area contributed by atoms with E-state index in [1.165, 1.54) is 36.9 Å². The monoisotopic (exact) mass is 937 g/mol. The van der Waals surface area contributed by atoms with Crippen LogP contribution in [-0.4, -0.2) is 100 Å². The molecule has 10 aromatic rings. The van der Waals surface area contributed by atoms with E-state index in [0.29, 0.717) is 100 Å². The van der Waals surface area contributed by atoms with Crippen LogP contribution in [0.25, 0.3) is 56.8 Å². The van der Waals surface area contributed by atoms with Crippen molar-refractivity contribution >= 4 is 57.4 Å². The summed E-state index contributed by atoms with van der Waals surface area (Å²) in [4.78, 5) is 68.7. The number of nitrogen functional groups attached to an aromatic ring is 2. The third kappa shape index (κ3) is 7.73. The van der Waals surface area contributed by atoms with Crippen molar-refractivity contribution in [3.05, 3.63) is 93.7 Å². The van der Waals surface area contributed by atoms with Gasteiger partial charge in [-0.3, -0.25) is 32.4 Å². The molecule has 3 aliphatic carbocycles. The second kappa shape index (κ2) is 16.2. The number of aryl methyl sites for hydroxylation is 4. The molecule has 13 rings (SSSR count). The van der Waals surface area contributed by atoms with Crippen LogP contribution in [-0.2, 0) is 39.3 Å². The molecule has 26 nitrogen and oxygen atoms in total. The maximum absolute atomic E-state index is 13.6. The van der Waals surface area contributed by atoms with Crippen molar-refractivity contribution in [2.24, 2.45) is 11.8 Å². The summed E-state index contributed by atoms with van der Waals surface area (Å²) in [5.74, 6) is 1.60. The second-order valence-corrected chi connectivity index (χ2v) is 17.6.